The van der Waals surface area contributed by atoms with E-state index < -0.39 is 0 Å². The first-order valence-corrected chi connectivity index (χ1v) is 14.1. The largest absolute Gasteiger partial charge is 0.353 e. The molecule has 0 amide bonds. The maximum atomic E-state index is 6.30. The maximum absolute atomic E-state index is 6.30. The fraction of sp³-hybridized carbons (Fsp3) is 0.333. The van der Waals surface area contributed by atoms with E-state index >= 15 is 0 Å². The Bertz CT molecular complexity index is 973. The van der Waals surface area contributed by atoms with Gasteiger partial charge in [-0.1, -0.05) is 24.1 Å². The van der Waals surface area contributed by atoms with Crippen molar-refractivity contribution in [3.05, 3.63) is 40.8 Å². The van der Waals surface area contributed by atoms with Crippen LogP contribution in [0.15, 0.2) is 29.2 Å². The zero-order valence-corrected chi connectivity index (χ0v) is 19.2. The van der Waals surface area contributed by atoms with Crippen molar-refractivity contribution in [2.45, 2.75) is 37.0 Å². The van der Waals surface area contributed by atoms with E-state index in [0.717, 1.165) is 34.3 Å². The van der Waals surface area contributed by atoms with Gasteiger partial charge in [-0.2, -0.15) is 0 Å². The van der Waals surface area contributed by atoms with Gasteiger partial charge in [0.15, 0.2) is 5.65 Å². The molecule has 0 bridgehead atoms. The summed E-state index contributed by atoms with van der Waals surface area (Å²) in [6, 6.07) is 8.62. The lowest BCUT2D eigenvalue weighted by Gasteiger charge is -2.26. The first-order chi connectivity index (χ1) is 12.6. The van der Waals surface area contributed by atoms with Crippen molar-refractivity contribution in [3.8, 4) is 0 Å². The number of pyridine rings is 1. The highest BCUT2D eigenvalue weighted by Gasteiger charge is 2.21. The van der Waals surface area contributed by atoms with Crippen LogP contribution in [0, 0.1) is 6.92 Å². The molecule has 4 rings (SSSR count). The van der Waals surface area contributed by atoms with E-state index in [-0.39, 0.29) is 0 Å². The van der Waals surface area contributed by atoms with E-state index in [1.807, 2.05) is 13.0 Å². The number of benzene rings is 1. The van der Waals surface area contributed by atoms with Crippen LogP contribution in [-0.2, 0) is 0 Å². The summed E-state index contributed by atoms with van der Waals surface area (Å²) >= 11 is 10.4. The van der Waals surface area contributed by atoms with Crippen LogP contribution < -0.4 is 5.32 Å². The molecule has 8 heteroatoms. The molecule has 1 aliphatic rings. The molecule has 1 N–H and O–H groups in total. The average molecular weight is 517 g/mol. The normalized spacial score (nSPS) is 15.1. The van der Waals surface area contributed by atoms with Gasteiger partial charge < -0.3 is 5.32 Å². The van der Waals surface area contributed by atoms with Gasteiger partial charge in [0, 0.05) is 11.0 Å². The van der Waals surface area contributed by atoms with E-state index in [0.29, 0.717) is 11.5 Å². The maximum Gasteiger partial charge on any atom is 0.167 e. The highest BCUT2D eigenvalue weighted by molar-refractivity contribution is 14.2. The SMILES string of the molecule is CSc1cc(C2CCC2)ccc1Nc1cc(Cl)nc2c1nc(C)n2PI. The number of nitrogens with one attached hydrogen (secondary N) is 1. The predicted octanol–water partition coefficient (Wildman–Crippen LogP) is 6.92. The smallest absolute Gasteiger partial charge is 0.167 e. The van der Waals surface area contributed by atoms with Crippen molar-refractivity contribution in [1.29, 1.82) is 0 Å². The highest BCUT2D eigenvalue weighted by atomic mass is 127. The second-order valence-corrected chi connectivity index (χ2v) is 9.76. The summed E-state index contributed by atoms with van der Waals surface area (Å²) in [5.41, 5.74) is 5.15. The zero-order chi connectivity index (χ0) is 18.3. The molecule has 26 heavy (non-hydrogen) atoms. The molecule has 136 valence electrons. The molecule has 1 aromatic carbocycles. The minimum absolute atomic E-state index is 0.479. The zero-order valence-electron chi connectivity index (χ0n) is 14.5. The molecule has 2 aromatic heterocycles. The highest BCUT2D eigenvalue weighted by Crippen LogP contribution is 2.40. The van der Waals surface area contributed by atoms with Crippen molar-refractivity contribution in [2.24, 2.45) is 0 Å². The van der Waals surface area contributed by atoms with E-state index in [4.69, 9.17) is 16.6 Å². The van der Waals surface area contributed by atoms with Gasteiger partial charge in [0.25, 0.3) is 0 Å². The van der Waals surface area contributed by atoms with Gasteiger partial charge in [0.1, 0.15) is 16.5 Å². The Morgan fingerprint density at radius 3 is 2.73 bits per heavy atom. The molecule has 0 spiro atoms. The Kier molecular flexibility index (Phi) is 5.65. The number of nitrogens with zero attached hydrogens (tertiary/aromatic N) is 3. The van der Waals surface area contributed by atoms with Gasteiger partial charge in [0.05, 0.1) is 17.7 Å². The van der Waals surface area contributed by atoms with Gasteiger partial charge in [-0.3, -0.25) is 4.34 Å². The standard InChI is InChI=1S/C18H19ClIN4PS/c1-10-21-17-14(9-16(19)23-18(17)24(10)25-20)22-13-7-6-12(8-15(13)26-2)11-4-3-5-11/h6-9,11,25H,3-5H2,1-2H3,(H,22,23). The van der Waals surface area contributed by atoms with Crippen LogP contribution in [0.2, 0.25) is 5.15 Å². The third-order valence-electron chi connectivity index (χ3n) is 4.91. The minimum Gasteiger partial charge on any atom is -0.353 e. The number of aryl methyl sites for hydroxylation is 1. The molecule has 1 fully saturated rings. The number of aromatic nitrogens is 3. The van der Waals surface area contributed by atoms with Crippen molar-refractivity contribution >= 4 is 74.3 Å². The number of halogens is 2. The molecule has 4 nitrogen and oxygen atoms in total. The van der Waals surface area contributed by atoms with Gasteiger partial charge in [-0.15, -0.1) is 11.8 Å². The molecule has 3 aromatic rings. The Balaban J connectivity index is 1.75. The lowest BCUT2D eigenvalue weighted by Crippen LogP contribution is -2.08. The summed E-state index contributed by atoms with van der Waals surface area (Å²) in [6.07, 6.45) is 6.64. The van der Waals surface area contributed by atoms with E-state index in [2.05, 4.69) is 61.1 Å². The monoisotopic (exact) mass is 516 g/mol. The van der Waals surface area contributed by atoms with Crippen LogP contribution in [0.4, 0.5) is 11.4 Å². The molecule has 1 saturated carbocycles. The molecule has 0 aliphatic heterocycles. The summed E-state index contributed by atoms with van der Waals surface area (Å²) in [6.45, 7) is 2.01. The minimum atomic E-state index is 0.479. The number of rotatable bonds is 5. The van der Waals surface area contributed by atoms with Crippen LogP contribution in [0.1, 0.15) is 36.6 Å². The molecule has 1 unspecified atom stereocenters. The molecular weight excluding hydrogens is 498 g/mol. The fourth-order valence-electron chi connectivity index (χ4n) is 3.27. The van der Waals surface area contributed by atoms with E-state index in [1.54, 1.807) is 11.8 Å². The molecule has 2 heterocycles. The van der Waals surface area contributed by atoms with Gasteiger partial charge in [0.2, 0.25) is 0 Å². The number of fused-ring (bicyclic) bond motifs is 1. The summed E-state index contributed by atoms with van der Waals surface area (Å²) in [5, 5.41) is 4.03. The second kappa shape index (κ2) is 7.82. The van der Waals surface area contributed by atoms with Crippen molar-refractivity contribution in [3.63, 3.8) is 0 Å². The summed E-state index contributed by atoms with van der Waals surface area (Å²) in [5.74, 6) is 1.69. The average Bonchev–Trinajstić information content (AvgIpc) is 2.89. The number of thioether (sulfide) groups is 1. The van der Waals surface area contributed by atoms with Crippen LogP contribution in [0.25, 0.3) is 11.2 Å². The Morgan fingerprint density at radius 2 is 2.08 bits per heavy atom. The van der Waals surface area contributed by atoms with Crippen molar-refractivity contribution in [2.75, 3.05) is 11.6 Å². The number of hydrogen-bond acceptors (Lipinski definition) is 4. The van der Waals surface area contributed by atoms with Gasteiger partial charge in [-0.25, -0.2) is 9.97 Å². The Morgan fingerprint density at radius 1 is 1.27 bits per heavy atom. The molecule has 0 saturated heterocycles. The molecule has 0 radical (unpaired) electrons. The molecule has 1 atom stereocenters. The van der Waals surface area contributed by atoms with Crippen LogP contribution in [-0.4, -0.2) is 20.6 Å². The number of imidazole rings is 1. The first kappa shape index (κ1) is 18.8. The van der Waals surface area contributed by atoms with Crippen LogP contribution in [0.5, 0.6) is 0 Å². The van der Waals surface area contributed by atoms with Crippen molar-refractivity contribution in [1.82, 2.24) is 14.3 Å². The Hall–Kier alpha value is -0.560. The summed E-state index contributed by atoms with van der Waals surface area (Å²) in [4.78, 5) is 10.5. The topological polar surface area (TPSA) is 42.7 Å². The first-order valence-electron chi connectivity index (χ1n) is 8.48. The third kappa shape index (κ3) is 3.46. The van der Waals surface area contributed by atoms with Crippen LogP contribution >= 0.6 is 51.8 Å². The van der Waals surface area contributed by atoms with E-state index in [1.165, 1.54) is 29.7 Å². The second-order valence-electron chi connectivity index (χ2n) is 6.46. The summed E-state index contributed by atoms with van der Waals surface area (Å²) < 4.78 is 2.10. The lowest BCUT2D eigenvalue weighted by molar-refractivity contribution is 0.419. The Labute approximate surface area is 177 Å². The third-order valence-corrected chi connectivity index (χ3v) is 8.03. The van der Waals surface area contributed by atoms with Crippen molar-refractivity contribution < 1.29 is 0 Å². The molecule has 1 aliphatic carbocycles. The van der Waals surface area contributed by atoms with Gasteiger partial charge in [-0.05, 0) is 71.7 Å². The summed E-state index contributed by atoms with van der Waals surface area (Å²) in [7, 11) is 0. The predicted molar refractivity (Wildman–Crippen MR) is 123 cm³/mol. The van der Waals surface area contributed by atoms with E-state index in [9.17, 15) is 0 Å². The molecular formula is C18H19ClIN4PS. The number of hydrogen-bond donors (Lipinski definition) is 1. The number of anilines is 2. The fourth-order valence-corrected chi connectivity index (χ4v) is 6.20. The lowest BCUT2D eigenvalue weighted by atomic mass is 9.80. The quantitative estimate of drug-likeness (QED) is 0.173. The van der Waals surface area contributed by atoms with Crippen LogP contribution in [0.3, 0.4) is 0 Å². The van der Waals surface area contributed by atoms with Gasteiger partial charge >= 0.3 is 0 Å².